The minimum Gasteiger partial charge on any atom is -0.746 e. The van der Waals surface area contributed by atoms with Gasteiger partial charge in [-0.1, -0.05) is 13.8 Å². The molecule has 0 fully saturated rings. The van der Waals surface area contributed by atoms with Crippen molar-refractivity contribution in [3.63, 3.8) is 0 Å². The molecule has 112 valence electrons. The fourth-order valence-corrected chi connectivity index (χ4v) is 1.62. The molecule has 0 aromatic heterocycles. The van der Waals surface area contributed by atoms with Gasteiger partial charge in [0.05, 0.1) is 12.2 Å². The Balaban J connectivity index is 0.00000400. The number of benzene rings is 1. The van der Waals surface area contributed by atoms with Gasteiger partial charge in [0.15, 0.2) is 0 Å². The van der Waals surface area contributed by atoms with E-state index < -0.39 is 21.5 Å². The van der Waals surface area contributed by atoms with E-state index in [1.807, 2.05) is 13.8 Å². The summed E-state index contributed by atoms with van der Waals surface area (Å²) in [6, 6.07) is 6.06. The van der Waals surface area contributed by atoms with E-state index in [4.69, 9.17) is 4.74 Å². The molecule has 1 unspecified atom stereocenters. The van der Waals surface area contributed by atoms with Crippen LogP contribution in [0.3, 0.4) is 0 Å². The molecule has 0 saturated heterocycles. The molecule has 8 heteroatoms. The molecule has 1 rings (SSSR count). The summed E-state index contributed by atoms with van der Waals surface area (Å²) >= 11 is 0. The molecule has 1 atom stereocenters. The third-order valence-corrected chi connectivity index (χ3v) is 3.46. The van der Waals surface area contributed by atoms with Crippen molar-refractivity contribution in [3.8, 4) is 0 Å². The standard InChI is InChI=1S/C13H19NO5S.Na/c1-9(2)8-19-13(15)11-4-6-12(7-5-11)14-10(3)20(16,17)18;/h4-7,9-10,14H,8H2,1-3H3,(H,16,17,18);/q;+1/p-1. The van der Waals surface area contributed by atoms with Crippen molar-refractivity contribution in [2.45, 2.75) is 26.1 Å². The van der Waals surface area contributed by atoms with Crippen LogP contribution in [0.5, 0.6) is 0 Å². The Morgan fingerprint density at radius 1 is 1.24 bits per heavy atom. The van der Waals surface area contributed by atoms with Crippen molar-refractivity contribution in [1.29, 1.82) is 0 Å². The molecule has 0 aliphatic rings. The quantitative estimate of drug-likeness (QED) is 0.402. The summed E-state index contributed by atoms with van der Waals surface area (Å²) in [6.45, 7) is 5.47. The average molecular weight is 323 g/mol. The van der Waals surface area contributed by atoms with Crippen molar-refractivity contribution in [3.05, 3.63) is 29.8 Å². The van der Waals surface area contributed by atoms with Gasteiger partial charge in [0, 0.05) is 5.69 Å². The summed E-state index contributed by atoms with van der Waals surface area (Å²) in [6.07, 6.45) is 0. The smallest absolute Gasteiger partial charge is 0.746 e. The molecule has 0 radical (unpaired) electrons. The molecule has 6 nitrogen and oxygen atoms in total. The van der Waals surface area contributed by atoms with Gasteiger partial charge in [-0.3, -0.25) is 0 Å². The normalized spacial score (nSPS) is 12.4. The van der Waals surface area contributed by atoms with E-state index in [1.165, 1.54) is 31.2 Å². The van der Waals surface area contributed by atoms with E-state index >= 15 is 0 Å². The van der Waals surface area contributed by atoms with Gasteiger partial charge in [0.2, 0.25) is 0 Å². The van der Waals surface area contributed by atoms with Crippen molar-refractivity contribution in [2.24, 2.45) is 5.92 Å². The zero-order valence-corrected chi connectivity index (χ0v) is 15.4. The SMILES string of the molecule is CC(C)COC(=O)c1ccc(NC(C)S(=O)(=O)[O-])cc1.[Na+]. The maximum atomic E-state index is 11.7. The molecule has 0 aliphatic heterocycles. The maximum Gasteiger partial charge on any atom is 1.00 e. The van der Waals surface area contributed by atoms with Gasteiger partial charge in [-0.2, -0.15) is 0 Å². The van der Waals surface area contributed by atoms with Crippen LogP contribution in [0.25, 0.3) is 0 Å². The van der Waals surface area contributed by atoms with Crippen LogP contribution in [-0.2, 0) is 14.9 Å². The predicted molar refractivity (Wildman–Crippen MR) is 74.3 cm³/mol. The maximum absolute atomic E-state index is 11.7. The Kier molecular flexibility index (Phi) is 8.50. The van der Waals surface area contributed by atoms with Crippen LogP contribution in [0.15, 0.2) is 24.3 Å². The van der Waals surface area contributed by atoms with Crippen LogP contribution in [-0.4, -0.2) is 30.9 Å². The third-order valence-electron chi connectivity index (χ3n) is 2.47. The van der Waals surface area contributed by atoms with E-state index in [-0.39, 0.29) is 35.5 Å². The topological polar surface area (TPSA) is 95.5 Å². The molecule has 0 saturated carbocycles. The second-order valence-corrected chi connectivity index (χ2v) is 6.54. The number of rotatable bonds is 6. The number of hydrogen-bond donors (Lipinski definition) is 1. The number of nitrogens with one attached hydrogen (secondary N) is 1. The summed E-state index contributed by atoms with van der Waals surface area (Å²) in [5.41, 5.74) is 0.811. The van der Waals surface area contributed by atoms with Gasteiger partial charge in [-0.05, 0) is 37.1 Å². The molecular formula is C13H18NNaO5S. The first-order valence-electron chi connectivity index (χ1n) is 6.18. The summed E-state index contributed by atoms with van der Waals surface area (Å²) in [7, 11) is -4.40. The van der Waals surface area contributed by atoms with E-state index in [9.17, 15) is 17.8 Å². The summed E-state index contributed by atoms with van der Waals surface area (Å²) in [4.78, 5) is 11.7. The predicted octanol–water partition coefficient (Wildman–Crippen LogP) is -1.19. The van der Waals surface area contributed by atoms with E-state index in [0.29, 0.717) is 17.9 Å². The van der Waals surface area contributed by atoms with Gasteiger partial charge >= 0.3 is 35.5 Å². The largest absolute Gasteiger partial charge is 1.00 e. The number of hydrogen-bond acceptors (Lipinski definition) is 6. The molecule has 0 bridgehead atoms. The molecule has 1 aromatic carbocycles. The monoisotopic (exact) mass is 323 g/mol. The Morgan fingerprint density at radius 2 is 1.76 bits per heavy atom. The van der Waals surface area contributed by atoms with Crippen LogP contribution in [0, 0.1) is 5.92 Å². The van der Waals surface area contributed by atoms with Crippen molar-refractivity contribution < 1.29 is 52.1 Å². The van der Waals surface area contributed by atoms with E-state index in [2.05, 4.69) is 5.32 Å². The molecule has 0 spiro atoms. The van der Waals surface area contributed by atoms with Gasteiger partial charge in [-0.25, -0.2) is 13.2 Å². The van der Waals surface area contributed by atoms with Crippen molar-refractivity contribution in [1.82, 2.24) is 0 Å². The average Bonchev–Trinajstić information content (AvgIpc) is 2.35. The van der Waals surface area contributed by atoms with Gasteiger partial charge in [-0.15, -0.1) is 0 Å². The zero-order chi connectivity index (χ0) is 15.3. The Hall–Kier alpha value is -0.600. The minimum absolute atomic E-state index is 0. The number of esters is 1. The molecule has 0 aliphatic carbocycles. The van der Waals surface area contributed by atoms with Crippen LogP contribution in [0.1, 0.15) is 31.1 Å². The number of carbonyl (C=O) groups excluding carboxylic acids is 1. The Bertz CT molecular complexity index is 556. The third kappa shape index (κ3) is 7.28. The fraction of sp³-hybridized carbons (Fsp3) is 0.462. The molecule has 0 heterocycles. The Morgan fingerprint density at radius 3 is 2.19 bits per heavy atom. The van der Waals surface area contributed by atoms with Gasteiger partial charge < -0.3 is 14.6 Å². The summed E-state index contributed by atoms with van der Waals surface area (Å²) in [5.74, 6) is -0.183. The zero-order valence-electron chi connectivity index (χ0n) is 12.6. The minimum atomic E-state index is -4.40. The second-order valence-electron chi connectivity index (χ2n) is 4.85. The second kappa shape index (κ2) is 8.75. The van der Waals surface area contributed by atoms with Crippen LogP contribution in [0.4, 0.5) is 5.69 Å². The number of carbonyl (C=O) groups is 1. The van der Waals surface area contributed by atoms with Crippen LogP contribution < -0.4 is 34.9 Å². The van der Waals surface area contributed by atoms with Crippen LogP contribution in [0.2, 0.25) is 0 Å². The fourth-order valence-electron chi connectivity index (χ4n) is 1.34. The van der Waals surface area contributed by atoms with E-state index in [1.54, 1.807) is 0 Å². The van der Waals surface area contributed by atoms with Crippen molar-refractivity contribution >= 4 is 21.8 Å². The first-order chi connectivity index (χ1) is 9.20. The van der Waals surface area contributed by atoms with Crippen LogP contribution >= 0.6 is 0 Å². The molecule has 0 amide bonds. The molecular weight excluding hydrogens is 305 g/mol. The first-order valence-corrected chi connectivity index (χ1v) is 7.65. The summed E-state index contributed by atoms with van der Waals surface area (Å²) < 4.78 is 37.4. The molecule has 1 N–H and O–H groups in total. The van der Waals surface area contributed by atoms with Gasteiger partial charge in [0.25, 0.3) is 0 Å². The molecule has 1 aromatic rings. The molecule has 21 heavy (non-hydrogen) atoms. The number of anilines is 1. The summed E-state index contributed by atoms with van der Waals surface area (Å²) in [5, 5.41) is 1.31. The first kappa shape index (κ1) is 20.4. The van der Waals surface area contributed by atoms with E-state index in [0.717, 1.165) is 0 Å². The Labute approximate surface area is 147 Å². The van der Waals surface area contributed by atoms with Crippen molar-refractivity contribution in [2.75, 3.05) is 11.9 Å². The van der Waals surface area contributed by atoms with Gasteiger partial charge in [0.1, 0.15) is 15.5 Å². The number of ether oxygens (including phenoxy) is 1.